The smallest absolute Gasteiger partial charge is 0.497 e. The van der Waals surface area contributed by atoms with E-state index in [2.05, 4.69) is 26.0 Å². The molecule has 44 heavy (non-hydrogen) atoms. The van der Waals surface area contributed by atoms with Gasteiger partial charge in [-0.2, -0.15) is 0 Å². The zero-order chi connectivity index (χ0) is 33.0. The summed E-state index contributed by atoms with van der Waals surface area (Å²) in [6, 6.07) is 4.01. The molecule has 0 aromatic heterocycles. The molecule has 15 heteroatoms. The van der Waals surface area contributed by atoms with Gasteiger partial charge in [0, 0.05) is 24.7 Å². The van der Waals surface area contributed by atoms with Crippen molar-refractivity contribution in [1.82, 2.24) is 21.3 Å². The molecule has 4 amide bonds. The Morgan fingerprint density at radius 3 is 2.02 bits per heavy atom. The first-order valence-corrected chi connectivity index (χ1v) is 13.6. The summed E-state index contributed by atoms with van der Waals surface area (Å²) < 4.78 is 65.8. The van der Waals surface area contributed by atoms with Gasteiger partial charge >= 0.3 is 12.4 Å². The van der Waals surface area contributed by atoms with Crippen LogP contribution in [0, 0.1) is 11.7 Å². The Morgan fingerprint density at radius 2 is 1.48 bits per heavy atom. The molecule has 0 saturated carbocycles. The summed E-state index contributed by atoms with van der Waals surface area (Å²) in [4.78, 5) is 51.1. The summed E-state index contributed by atoms with van der Waals surface area (Å²) in [7, 11) is 2.94. The number of carbonyl (C=O) groups is 4. The van der Waals surface area contributed by atoms with Crippen molar-refractivity contribution in [2.24, 2.45) is 5.92 Å². The predicted octanol–water partition coefficient (Wildman–Crippen LogP) is 3.74. The maximum absolute atomic E-state index is 14.1. The van der Waals surface area contributed by atoms with E-state index in [1.54, 1.807) is 39.0 Å². The van der Waals surface area contributed by atoms with Gasteiger partial charge in [0.1, 0.15) is 29.1 Å². The first-order valence-electron chi connectivity index (χ1n) is 13.6. The molecule has 2 rings (SSSR count). The van der Waals surface area contributed by atoms with Gasteiger partial charge in [0.2, 0.25) is 11.7 Å². The SMILES string of the molecule is CCC(NC(=O)C(CC(C)C)NC(=O)NCc1cc(OC(F)(F)F)ccc1F)C(=O)C(=O)NCc1cc(OC)cc(OC)c1. The van der Waals surface area contributed by atoms with Crippen LogP contribution in [0.25, 0.3) is 0 Å². The molecule has 242 valence electrons. The fourth-order valence-corrected chi connectivity index (χ4v) is 3.99. The van der Waals surface area contributed by atoms with Gasteiger partial charge in [-0.15, -0.1) is 13.2 Å². The lowest BCUT2D eigenvalue weighted by atomic mass is 10.0. The topological polar surface area (TPSA) is 144 Å². The highest BCUT2D eigenvalue weighted by Crippen LogP contribution is 2.25. The van der Waals surface area contributed by atoms with Gasteiger partial charge in [0.15, 0.2) is 0 Å². The summed E-state index contributed by atoms with van der Waals surface area (Å²) in [6.07, 6.45) is -4.78. The Bertz CT molecular complexity index is 1300. The van der Waals surface area contributed by atoms with Crippen LogP contribution in [0.15, 0.2) is 36.4 Å². The van der Waals surface area contributed by atoms with Crippen LogP contribution in [-0.4, -0.2) is 56.3 Å². The zero-order valence-corrected chi connectivity index (χ0v) is 24.9. The van der Waals surface area contributed by atoms with Crippen molar-refractivity contribution in [2.75, 3.05) is 14.2 Å². The number of Topliss-reactive ketones (excluding diaryl/α,β-unsaturated/α-hetero) is 1. The molecule has 0 saturated heterocycles. The van der Waals surface area contributed by atoms with Crippen LogP contribution in [-0.2, 0) is 27.5 Å². The Morgan fingerprint density at radius 1 is 0.841 bits per heavy atom. The molecular formula is C29H36F4N4O7. The standard InChI is InChI=1S/C29H36F4N4O7/c1-6-23(25(38)27(40)34-14-17-10-20(42-4)13-21(11-17)43-5)36-26(39)24(9-16(2)3)37-28(41)35-15-18-12-19(7-8-22(18)30)44-29(31,32)33/h7-8,10-13,16,23-24H,6,9,14-15H2,1-5H3,(H,34,40)(H,36,39)(H2,35,37,41). The van der Waals surface area contributed by atoms with Gasteiger partial charge < -0.3 is 35.5 Å². The number of halogens is 4. The lowest BCUT2D eigenvalue weighted by Gasteiger charge is -2.23. The highest BCUT2D eigenvalue weighted by Gasteiger charge is 2.32. The van der Waals surface area contributed by atoms with Crippen molar-refractivity contribution in [3.8, 4) is 17.2 Å². The molecule has 2 aromatic rings. The molecular weight excluding hydrogens is 592 g/mol. The first-order chi connectivity index (χ1) is 20.6. The van der Waals surface area contributed by atoms with Crippen LogP contribution in [0.1, 0.15) is 44.7 Å². The van der Waals surface area contributed by atoms with Crippen molar-refractivity contribution in [3.63, 3.8) is 0 Å². The summed E-state index contributed by atoms with van der Waals surface area (Å²) >= 11 is 0. The Balaban J connectivity index is 2.02. The highest BCUT2D eigenvalue weighted by atomic mass is 19.4. The summed E-state index contributed by atoms with van der Waals surface area (Å²) in [6.45, 7) is 4.62. The van der Waals surface area contributed by atoms with Crippen LogP contribution in [0.3, 0.4) is 0 Å². The number of hydrogen-bond acceptors (Lipinski definition) is 7. The molecule has 0 fully saturated rings. The second-order valence-electron chi connectivity index (χ2n) is 10.0. The van der Waals surface area contributed by atoms with Crippen LogP contribution >= 0.6 is 0 Å². The van der Waals surface area contributed by atoms with E-state index in [-0.39, 0.29) is 30.9 Å². The molecule has 0 radical (unpaired) electrons. The molecule has 2 atom stereocenters. The minimum absolute atomic E-state index is 0.0218. The molecule has 2 aromatic carbocycles. The summed E-state index contributed by atoms with van der Waals surface area (Å²) in [5, 5.41) is 9.71. The fourth-order valence-electron chi connectivity index (χ4n) is 3.99. The van der Waals surface area contributed by atoms with Crippen molar-refractivity contribution in [2.45, 2.75) is 65.1 Å². The lowest BCUT2D eigenvalue weighted by molar-refractivity contribution is -0.274. The maximum Gasteiger partial charge on any atom is 0.573 e. The van der Waals surface area contributed by atoms with E-state index in [9.17, 15) is 36.7 Å². The molecule has 11 nitrogen and oxygen atoms in total. The van der Waals surface area contributed by atoms with Gasteiger partial charge in [-0.1, -0.05) is 20.8 Å². The number of benzene rings is 2. The fraction of sp³-hybridized carbons (Fsp3) is 0.448. The van der Waals surface area contributed by atoms with Crippen molar-refractivity contribution in [1.29, 1.82) is 0 Å². The third-order valence-electron chi connectivity index (χ3n) is 6.15. The normalized spacial score (nSPS) is 12.5. The van der Waals surface area contributed by atoms with Crippen molar-refractivity contribution < 1.29 is 51.0 Å². The van der Waals surface area contributed by atoms with Crippen molar-refractivity contribution in [3.05, 3.63) is 53.3 Å². The Kier molecular flexibility index (Phi) is 13.2. The summed E-state index contributed by atoms with van der Waals surface area (Å²) in [5.41, 5.74) is 0.313. The molecule has 0 heterocycles. The number of carbonyl (C=O) groups excluding carboxylic acids is 4. The number of nitrogens with one attached hydrogen (secondary N) is 4. The number of methoxy groups -OCH3 is 2. The molecule has 2 unspecified atom stereocenters. The van der Waals surface area contributed by atoms with E-state index >= 15 is 0 Å². The molecule has 4 N–H and O–H groups in total. The number of rotatable bonds is 15. The number of alkyl halides is 3. The third kappa shape index (κ3) is 11.6. The van der Waals surface area contributed by atoms with Gasteiger partial charge in [0.25, 0.3) is 5.91 Å². The molecule has 0 aliphatic heterocycles. The molecule has 0 aliphatic rings. The quantitative estimate of drug-likeness (QED) is 0.174. The summed E-state index contributed by atoms with van der Waals surface area (Å²) in [5.74, 6) is -3.27. The first kappa shape index (κ1) is 35.6. The van der Waals surface area contributed by atoms with E-state index in [1.807, 2.05) is 0 Å². The zero-order valence-electron chi connectivity index (χ0n) is 24.9. The van der Waals surface area contributed by atoms with Crippen LogP contribution in [0.5, 0.6) is 17.2 Å². The Labute approximate surface area is 252 Å². The van der Waals surface area contributed by atoms with Crippen LogP contribution < -0.4 is 35.5 Å². The highest BCUT2D eigenvalue weighted by molar-refractivity contribution is 6.38. The van der Waals surface area contributed by atoms with Crippen LogP contribution in [0.4, 0.5) is 22.4 Å². The van der Waals surface area contributed by atoms with E-state index in [0.29, 0.717) is 17.1 Å². The number of hydrogen-bond donors (Lipinski definition) is 4. The van der Waals surface area contributed by atoms with E-state index in [1.165, 1.54) is 14.2 Å². The average molecular weight is 629 g/mol. The van der Waals surface area contributed by atoms with Gasteiger partial charge in [-0.25, -0.2) is 9.18 Å². The minimum Gasteiger partial charge on any atom is -0.497 e. The van der Waals surface area contributed by atoms with Crippen LogP contribution in [0.2, 0.25) is 0 Å². The van der Waals surface area contributed by atoms with Crippen molar-refractivity contribution >= 4 is 23.6 Å². The van der Waals surface area contributed by atoms with Gasteiger partial charge in [-0.3, -0.25) is 14.4 Å². The van der Waals surface area contributed by atoms with Gasteiger partial charge in [-0.05, 0) is 54.7 Å². The molecule has 0 aliphatic carbocycles. The third-order valence-corrected chi connectivity index (χ3v) is 6.15. The van der Waals surface area contributed by atoms with E-state index in [4.69, 9.17) is 9.47 Å². The predicted molar refractivity (Wildman–Crippen MR) is 150 cm³/mol. The number of amides is 4. The average Bonchev–Trinajstić information content (AvgIpc) is 2.96. The number of ether oxygens (including phenoxy) is 3. The molecule has 0 bridgehead atoms. The number of ketones is 1. The minimum atomic E-state index is -4.99. The van der Waals surface area contributed by atoms with E-state index < -0.39 is 60.2 Å². The Hall–Kier alpha value is -4.56. The largest absolute Gasteiger partial charge is 0.573 e. The maximum atomic E-state index is 14.1. The second kappa shape index (κ2) is 16.3. The van der Waals surface area contributed by atoms with E-state index in [0.717, 1.165) is 18.2 Å². The molecule has 0 spiro atoms. The lowest BCUT2D eigenvalue weighted by Crippen LogP contribution is -2.55. The monoisotopic (exact) mass is 628 g/mol. The second-order valence-corrected chi connectivity index (χ2v) is 10.0. The van der Waals surface area contributed by atoms with Gasteiger partial charge in [0.05, 0.1) is 20.3 Å². The number of urea groups is 1.